The molecule has 5 heteroatoms. The second kappa shape index (κ2) is 6.91. The van der Waals surface area contributed by atoms with Crippen LogP contribution in [0.1, 0.15) is 45.9 Å². The van der Waals surface area contributed by atoms with Crippen LogP contribution in [0.2, 0.25) is 0 Å². The van der Waals surface area contributed by atoms with Gasteiger partial charge in [-0.3, -0.25) is 5.10 Å². The highest BCUT2D eigenvalue weighted by Crippen LogP contribution is 2.11. The van der Waals surface area contributed by atoms with Crippen molar-refractivity contribution in [1.82, 2.24) is 14.8 Å². The Morgan fingerprint density at radius 1 is 1.29 bits per heavy atom. The first-order valence-electron chi connectivity index (χ1n) is 6.25. The van der Waals surface area contributed by atoms with Crippen LogP contribution in [-0.2, 0) is 11.3 Å². The van der Waals surface area contributed by atoms with Crippen LogP contribution >= 0.6 is 12.2 Å². The van der Waals surface area contributed by atoms with E-state index in [0.717, 1.165) is 25.4 Å². The fourth-order valence-electron chi connectivity index (χ4n) is 1.56. The van der Waals surface area contributed by atoms with E-state index in [1.165, 1.54) is 0 Å². The Kier molecular flexibility index (Phi) is 5.85. The summed E-state index contributed by atoms with van der Waals surface area (Å²) in [4.78, 5) is 0. The lowest BCUT2D eigenvalue weighted by molar-refractivity contribution is 0.115. The van der Waals surface area contributed by atoms with Crippen LogP contribution in [0.4, 0.5) is 0 Å². The maximum Gasteiger partial charge on any atom is 0.195 e. The smallest absolute Gasteiger partial charge is 0.195 e. The van der Waals surface area contributed by atoms with Gasteiger partial charge in [0, 0.05) is 12.5 Å². The molecule has 0 aromatic carbocycles. The molecule has 4 nitrogen and oxygen atoms in total. The van der Waals surface area contributed by atoms with Gasteiger partial charge in [-0.2, -0.15) is 5.10 Å². The average molecular weight is 257 g/mol. The van der Waals surface area contributed by atoms with Crippen LogP contribution in [0.3, 0.4) is 0 Å². The minimum absolute atomic E-state index is 0.374. The van der Waals surface area contributed by atoms with Gasteiger partial charge in [-0.1, -0.05) is 27.7 Å². The number of ether oxygens (including phenoxy) is 1. The van der Waals surface area contributed by atoms with Gasteiger partial charge in [0.2, 0.25) is 0 Å². The molecule has 1 aromatic rings. The number of nitrogens with zero attached hydrogens (tertiary/aromatic N) is 2. The number of hydrogen-bond donors (Lipinski definition) is 1. The molecule has 0 fully saturated rings. The predicted octanol–water partition coefficient (Wildman–Crippen LogP) is 3.13. The molecule has 0 amide bonds. The Morgan fingerprint density at radius 2 is 2.00 bits per heavy atom. The van der Waals surface area contributed by atoms with Gasteiger partial charge in [-0.25, -0.2) is 0 Å². The zero-order valence-corrected chi connectivity index (χ0v) is 12.0. The molecule has 0 aliphatic heterocycles. The third kappa shape index (κ3) is 4.60. The Morgan fingerprint density at radius 3 is 2.59 bits per heavy atom. The topological polar surface area (TPSA) is 42.8 Å². The van der Waals surface area contributed by atoms with E-state index in [2.05, 4.69) is 37.9 Å². The van der Waals surface area contributed by atoms with Crippen molar-refractivity contribution < 1.29 is 4.74 Å². The highest BCUT2D eigenvalue weighted by atomic mass is 32.1. The first kappa shape index (κ1) is 14.4. The van der Waals surface area contributed by atoms with E-state index in [-0.39, 0.29) is 0 Å². The quantitative estimate of drug-likeness (QED) is 0.603. The summed E-state index contributed by atoms with van der Waals surface area (Å²) in [5.74, 6) is 2.07. The summed E-state index contributed by atoms with van der Waals surface area (Å²) in [5.41, 5.74) is 0. The summed E-state index contributed by atoms with van der Waals surface area (Å²) in [6, 6.07) is 0. The maximum absolute atomic E-state index is 5.60. The minimum atomic E-state index is 0.374. The van der Waals surface area contributed by atoms with Crippen LogP contribution < -0.4 is 0 Å². The first-order valence-corrected chi connectivity index (χ1v) is 6.66. The first-order chi connectivity index (χ1) is 8.02. The van der Waals surface area contributed by atoms with E-state index >= 15 is 0 Å². The lowest BCUT2D eigenvalue weighted by atomic mass is 10.1. The molecule has 0 radical (unpaired) electrons. The Hall–Kier alpha value is -0.680. The molecule has 1 aromatic heterocycles. The van der Waals surface area contributed by atoms with Crippen molar-refractivity contribution in [2.24, 2.45) is 5.92 Å². The van der Waals surface area contributed by atoms with Gasteiger partial charge in [0.05, 0.1) is 13.2 Å². The second-order valence-electron chi connectivity index (χ2n) is 4.99. The van der Waals surface area contributed by atoms with Gasteiger partial charge < -0.3 is 9.30 Å². The van der Waals surface area contributed by atoms with Gasteiger partial charge in [-0.15, -0.1) is 0 Å². The molecule has 0 bridgehead atoms. The van der Waals surface area contributed by atoms with Crippen LogP contribution in [0.15, 0.2) is 0 Å². The Bertz CT molecular complexity index is 381. The molecule has 0 atom stereocenters. The standard InChI is InChI=1S/C12H23N3OS/c1-9(2)5-7-16-8-6-15-11(10(3)4)13-14-12(15)17/h9-10H,5-8H2,1-4H3,(H,14,17). The minimum Gasteiger partial charge on any atom is -0.380 e. The number of aromatic nitrogens is 3. The summed E-state index contributed by atoms with van der Waals surface area (Å²) < 4.78 is 8.30. The highest BCUT2D eigenvalue weighted by Gasteiger charge is 2.09. The van der Waals surface area contributed by atoms with E-state index in [9.17, 15) is 0 Å². The van der Waals surface area contributed by atoms with Gasteiger partial charge >= 0.3 is 0 Å². The molecule has 0 saturated heterocycles. The van der Waals surface area contributed by atoms with Crippen molar-refractivity contribution in [3.05, 3.63) is 10.6 Å². The number of rotatable bonds is 7. The number of nitrogens with one attached hydrogen (secondary N) is 1. The lowest BCUT2D eigenvalue weighted by Gasteiger charge is -2.10. The van der Waals surface area contributed by atoms with Gasteiger partial charge in [0.15, 0.2) is 4.77 Å². The summed E-state index contributed by atoms with van der Waals surface area (Å²) in [7, 11) is 0. The molecule has 98 valence electrons. The summed E-state index contributed by atoms with van der Waals surface area (Å²) in [6.07, 6.45) is 1.10. The monoisotopic (exact) mass is 257 g/mol. The number of H-pyrrole nitrogens is 1. The van der Waals surface area contributed by atoms with Crippen LogP contribution in [0.5, 0.6) is 0 Å². The van der Waals surface area contributed by atoms with Crippen molar-refractivity contribution in [2.45, 2.75) is 46.6 Å². The van der Waals surface area contributed by atoms with Crippen molar-refractivity contribution in [3.8, 4) is 0 Å². The van der Waals surface area contributed by atoms with Crippen molar-refractivity contribution in [3.63, 3.8) is 0 Å². The van der Waals surface area contributed by atoms with Gasteiger partial charge in [0.1, 0.15) is 5.82 Å². The third-order valence-corrected chi connectivity index (χ3v) is 2.91. The van der Waals surface area contributed by atoms with Crippen molar-refractivity contribution in [1.29, 1.82) is 0 Å². The van der Waals surface area contributed by atoms with Crippen LogP contribution in [-0.4, -0.2) is 28.0 Å². The van der Waals surface area contributed by atoms with Crippen molar-refractivity contribution >= 4 is 12.2 Å². The van der Waals surface area contributed by atoms with E-state index < -0.39 is 0 Å². The highest BCUT2D eigenvalue weighted by molar-refractivity contribution is 7.71. The molecule has 1 heterocycles. The molecule has 0 aliphatic carbocycles. The largest absolute Gasteiger partial charge is 0.380 e. The third-order valence-electron chi connectivity index (χ3n) is 2.60. The molecule has 17 heavy (non-hydrogen) atoms. The number of aromatic amines is 1. The summed E-state index contributed by atoms with van der Waals surface area (Å²) >= 11 is 5.20. The van der Waals surface area contributed by atoms with E-state index in [1.807, 2.05) is 4.57 Å². The summed E-state index contributed by atoms with van der Waals surface area (Å²) in [6.45, 7) is 10.9. The molecule has 0 spiro atoms. The molecule has 0 saturated carbocycles. The predicted molar refractivity (Wildman–Crippen MR) is 71.8 cm³/mol. The fourth-order valence-corrected chi connectivity index (χ4v) is 1.79. The Labute approximate surface area is 108 Å². The molecule has 1 rings (SSSR count). The Balaban J connectivity index is 2.41. The van der Waals surface area contributed by atoms with Crippen LogP contribution in [0, 0.1) is 10.7 Å². The zero-order chi connectivity index (χ0) is 12.8. The van der Waals surface area contributed by atoms with E-state index in [0.29, 0.717) is 23.2 Å². The number of hydrogen-bond acceptors (Lipinski definition) is 3. The maximum atomic E-state index is 5.60. The van der Waals surface area contributed by atoms with Crippen LogP contribution in [0.25, 0.3) is 0 Å². The average Bonchev–Trinajstić information content (AvgIpc) is 2.59. The van der Waals surface area contributed by atoms with Gasteiger partial charge in [0.25, 0.3) is 0 Å². The summed E-state index contributed by atoms with van der Waals surface area (Å²) in [5, 5.41) is 7.07. The molecule has 1 N–H and O–H groups in total. The van der Waals surface area contributed by atoms with E-state index in [4.69, 9.17) is 17.0 Å². The second-order valence-corrected chi connectivity index (χ2v) is 5.37. The van der Waals surface area contributed by atoms with Crippen molar-refractivity contribution in [2.75, 3.05) is 13.2 Å². The molecular weight excluding hydrogens is 234 g/mol. The molecule has 0 aliphatic rings. The lowest BCUT2D eigenvalue weighted by Crippen LogP contribution is -2.11. The normalized spacial score (nSPS) is 11.6. The SMILES string of the molecule is CC(C)CCOCCn1c(C(C)C)n[nH]c1=S. The van der Waals surface area contributed by atoms with E-state index in [1.54, 1.807) is 0 Å². The molecule has 0 unspecified atom stereocenters. The molecular formula is C12H23N3OS. The van der Waals surface area contributed by atoms with Gasteiger partial charge in [-0.05, 0) is 24.6 Å². The zero-order valence-electron chi connectivity index (χ0n) is 11.2. The fraction of sp³-hybridized carbons (Fsp3) is 0.833.